The Balaban J connectivity index is 1.62. The fourth-order valence-electron chi connectivity index (χ4n) is 5.89. The van der Waals surface area contributed by atoms with Crippen LogP contribution in [0.15, 0.2) is 115 Å². The molecule has 1 saturated heterocycles. The van der Waals surface area contributed by atoms with Crippen molar-refractivity contribution in [1.29, 1.82) is 0 Å². The fraction of sp³-hybridized carbons (Fsp3) is 0.233. The van der Waals surface area contributed by atoms with Crippen molar-refractivity contribution in [1.82, 2.24) is 4.90 Å². The minimum Gasteiger partial charge on any atom is -0.468 e. The van der Waals surface area contributed by atoms with E-state index >= 15 is 0 Å². The van der Waals surface area contributed by atoms with Crippen molar-refractivity contribution >= 4 is 24.5 Å². The van der Waals surface area contributed by atoms with Crippen LogP contribution in [-0.4, -0.2) is 48.1 Å². The summed E-state index contributed by atoms with van der Waals surface area (Å²) >= 11 is 0. The van der Waals surface area contributed by atoms with Crippen LogP contribution in [-0.2, 0) is 9.53 Å². The first-order valence-corrected chi connectivity index (χ1v) is 13.6. The maximum atomic E-state index is 13.1. The van der Waals surface area contributed by atoms with Gasteiger partial charge in [0.2, 0.25) is 6.04 Å². The summed E-state index contributed by atoms with van der Waals surface area (Å²) < 4.78 is 5.18. The molecule has 5 rings (SSSR count). The standard InChI is InChI=1S/C30H29N2O4P/c1-31-27(28(32(34)35)26(29(31)30(33)36-2)21-13-6-3-7-14-21)24-19-12-20-25(24)37(22-15-8-4-9-16-22)23-17-10-5-11-18-23/h3-20,24,26-29H,1-2H3/t24?,26-,27-,28-,29+/m1/s1. The number of nitro groups is 1. The average Bonchev–Trinajstić information content (AvgIpc) is 3.52. The molecule has 0 amide bonds. The van der Waals surface area contributed by atoms with E-state index in [1.54, 1.807) is 0 Å². The molecular weight excluding hydrogens is 483 g/mol. The van der Waals surface area contributed by atoms with Crippen molar-refractivity contribution in [3.8, 4) is 0 Å². The number of allylic oxidation sites excluding steroid dienone is 2. The number of hydrogen-bond donors (Lipinski definition) is 0. The lowest BCUT2D eigenvalue weighted by molar-refractivity contribution is -0.528. The summed E-state index contributed by atoms with van der Waals surface area (Å²) in [6, 6.07) is 27.7. The van der Waals surface area contributed by atoms with Crippen molar-refractivity contribution in [3.05, 3.63) is 130 Å². The highest BCUT2D eigenvalue weighted by atomic mass is 31.1. The van der Waals surface area contributed by atoms with Crippen LogP contribution in [0.4, 0.5) is 0 Å². The molecule has 0 bridgehead atoms. The number of methoxy groups -OCH3 is 1. The molecule has 1 heterocycles. The largest absolute Gasteiger partial charge is 0.468 e. The summed E-state index contributed by atoms with van der Waals surface area (Å²) in [6.45, 7) is 0. The second-order valence-electron chi connectivity index (χ2n) is 9.35. The summed E-state index contributed by atoms with van der Waals surface area (Å²) in [5, 5.41) is 16.3. The molecule has 1 fully saturated rings. The summed E-state index contributed by atoms with van der Waals surface area (Å²) in [6.07, 6.45) is 6.19. The third kappa shape index (κ3) is 4.63. The van der Waals surface area contributed by atoms with E-state index in [-0.39, 0.29) is 10.8 Å². The maximum Gasteiger partial charge on any atom is 0.324 e. The third-order valence-electron chi connectivity index (χ3n) is 7.42. The number of benzene rings is 3. The van der Waals surface area contributed by atoms with Gasteiger partial charge in [0.05, 0.1) is 19.1 Å². The van der Waals surface area contributed by atoms with E-state index in [4.69, 9.17) is 4.74 Å². The van der Waals surface area contributed by atoms with E-state index in [9.17, 15) is 14.9 Å². The monoisotopic (exact) mass is 512 g/mol. The highest BCUT2D eigenvalue weighted by Gasteiger charge is 2.60. The number of rotatable bonds is 7. The fourth-order valence-corrected chi connectivity index (χ4v) is 8.49. The Morgan fingerprint density at radius 1 is 0.919 bits per heavy atom. The van der Waals surface area contributed by atoms with Gasteiger partial charge in [-0.1, -0.05) is 109 Å². The van der Waals surface area contributed by atoms with Crippen LogP contribution >= 0.6 is 7.92 Å². The van der Waals surface area contributed by atoms with Gasteiger partial charge in [-0.3, -0.25) is 19.8 Å². The topological polar surface area (TPSA) is 72.7 Å². The van der Waals surface area contributed by atoms with Gasteiger partial charge in [0.25, 0.3) is 0 Å². The second kappa shape index (κ2) is 10.8. The Labute approximate surface area is 218 Å². The van der Waals surface area contributed by atoms with Gasteiger partial charge in [0.1, 0.15) is 6.04 Å². The van der Waals surface area contributed by atoms with Crippen LogP contribution in [0.25, 0.3) is 0 Å². The SMILES string of the molecule is COC(=O)[C@@H]1[C@H](c2ccccc2)[C@@H]([N+](=O)[O-])[C@@H](C2C=CC=C2P(c2ccccc2)c2ccccc2)N1C. The molecule has 0 saturated carbocycles. The molecule has 1 aliphatic heterocycles. The van der Waals surface area contributed by atoms with Gasteiger partial charge in [-0.15, -0.1) is 0 Å². The molecule has 1 unspecified atom stereocenters. The molecule has 0 spiro atoms. The van der Waals surface area contributed by atoms with Crippen molar-refractivity contribution < 1.29 is 14.5 Å². The minimum absolute atomic E-state index is 0.196. The van der Waals surface area contributed by atoms with E-state index < -0.39 is 37.9 Å². The Kier molecular flexibility index (Phi) is 7.31. The van der Waals surface area contributed by atoms with Crippen molar-refractivity contribution in [3.63, 3.8) is 0 Å². The number of esters is 1. The molecule has 0 N–H and O–H groups in total. The summed E-state index contributed by atoms with van der Waals surface area (Å²) in [4.78, 5) is 27.5. The summed E-state index contributed by atoms with van der Waals surface area (Å²) in [7, 11) is 2.23. The molecule has 0 radical (unpaired) electrons. The first-order chi connectivity index (χ1) is 18.0. The van der Waals surface area contributed by atoms with Gasteiger partial charge in [0.15, 0.2) is 0 Å². The van der Waals surface area contributed by atoms with E-state index in [2.05, 4.69) is 36.4 Å². The predicted octanol–water partition coefficient (Wildman–Crippen LogP) is 4.47. The van der Waals surface area contributed by atoms with Crippen LogP contribution in [0.5, 0.6) is 0 Å². The number of carbonyl (C=O) groups excluding carboxylic acids is 1. The van der Waals surface area contributed by atoms with Crippen LogP contribution in [0.1, 0.15) is 11.5 Å². The molecule has 2 aliphatic rings. The number of carbonyl (C=O) groups is 1. The molecular formula is C30H29N2O4P. The molecule has 0 aromatic heterocycles. The number of likely N-dealkylation sites (N-methyl/N-ethyl adjacent to an activating group) is 1. The second-order valence-corrected chi connectivity index (χ2v) is 11.6. The summed E-state index contributed by atoms with van der Waals surface area (Å²) in [5.74, 6) is -1.31. The van der Waals surface area contributed by atoms with Gasteiger partial charge < -0.3 is 4.74 Å². The Bertz CT molecular complexity index is 1270. The smallest absolute Gasteiger partial charge is 0.324 e. The van der Waals surface area contributed by atoms with Crippen LogP contribution in [0.2, 0.25) is 0 Å². The summed E-state index contributed by atoms with van der Waals surface area (Å²) in [5.41, 5.74) is 0.773. The van der Waals surface area contributed by atoms with Gasteiger partial charge in [-0.25, -0.2) is 0 Å². The van der Waals surface area contributed by atoms with E-state index in [1.807, 2.05) is 84.8 Å². The first-order valence-electron chi connectivity index (χ1n) is 12.3. The van der Waals surface area contributed by atoms with Gasteiger partial charge in [-0.2, -0.15) is 0 Å². The van der Waals surface area contributed by atoms with Gasteiger partial charge >= 0.3 is 5.97 Å². The highest BCUT2D eigenvalue weighted by molar-refractivity contribution is 7.76. The molecule has 37 heavy (non-hydrogen) atoms. The Hall–Kier alpha value is -3.60. The number of likely N-dealkylation sites (tertiary alicyclic amines) is 1. The van der Waals surface area contributed by atoms with E-state index in [0.717, 1.165) is 10.9 Å². The van der Waals surface area contributed by atoms with E-state index in [1.165, 1.54) is 17.7 Å². The van der Waals surface area contributed by atoms with Crippen LogP contribution in [0.3, 0.4) is 0 Å². The Morgan fingerprint density at radius 2 is 1.46 bits per heavy atom. The van der Waals surface area contributed by atoms with E-state index in [0.29, 0.717) is 0 Å². The average molecular weight is 513 g/mol. The molecule has 1 aliphatic carbocycles. The molecule has 7 heteroatoms. The van der Waals surface area contributed by atoms with Crippen molar-refractivity contribution in [2.24, 2.45) is 5.92 Å². The number of nitrogens with zero attached hydrogens (tertiary/aromatic N) is 2. The van der Waals surface area contributed by atoms with Crippen LogP contribution in [0, 0.1) is 16.0 Å². The van der Waals surface area contributed by atoms with Gasteiger partial charge in [-0.05, 0) is 36.5 Å². The third-order valence-corrected chi connectivity index (χ3v) is 10.0. The number of ether oxygens (including phenoxy) is 1. The first kappa shape index (κ1) is 25.1. The zero-order valence-corrected chi connectivity index (χ0v) is 21.6. The molecule has 6 nitrogen and oxygen atoms in total. The van der Waals surface area contributed by atoms with Crippen molar-refractivity contribution in [2.45, 2.75) is 24.0 Å². The lowest BCUT2D eigenvalue weighted by Crippen LogP contribution is -2.45. The molecule has 3 aromatic rings. The Morgan fingerprint density at radius 3 is 1.97 bits per heavy atom. The highest BCUT2D eigenvalue weighted by Crippen LogP contribution is 2.53. The lowest BCUT2D eigenvalue weighted by Gasteiger charge is -2.33. The quantitative estimate of drug-likeness (QED) is 0.202. The van der Waals surface area contributed by atoms with Crippen molar-refractivity contribution in [2.75, 3.05) is 14.2 Å². The maximum absolute atomic E-state index is 13.1. The predicted molar refractivity (Wildman–Crippen MR) is 147 cm³/mol. The van der Waals surface area contributed by atoms with Crippen LogP contribution < -0.4 is 10.6 Å². The molecule has 3 aromatic carbocycles. The zero-order valence-electron chi connectivity index (χ0n) is 20.8. The zero-order chi connectivity index (χ0) is 25.9. The lowest BCUT2D eigenvalue weighted by atomic mass is 9.84. The normalized spacial score (nSPS) is 25.3. The van der Waals surface area contributed by atoms with Gasteiger partial charge in [0, 0.05) is 10.8 Å². The minimum atomic E-state index is -0.990. The molecule has 5 atom stereocenters. The molecule has 188 valence electrons. The number of hydrogen-bond acceptors (Lipinski definition) is 5.